The highest BCUT2D eigenvalue weighted by atomic mass is 16.5. The first-order valence-electron chi connectivity index (χ1n) is 10.2. The molecule has 1 amide bonds. The van der Waals surface area contributed by atoms with E-state index < -0.39 is 5.63 Å². The number of hydrogen-bond acceptors (Lipinski definition) is 4. The molecule has 0 spiro atoms. The Hall–Kier alpha value is -3.08. The summed E-state index contributed by atoms with van der Waals surface area (Å²) in [5, 5.41) is 0.832. The van der Waals surface area contributed by atoms with E-state index in [4.69, 9.17) is 9.15 Å². The van der Waals surface area contributed by atoms with Gasteiger partial charge in [-0.2, -0.15) is 0 Å². The predicted octanol–water partition coefficient (Wildman–Crippen LogP) is 4.63. The molecule has 0 bridgehead atoms. The van der Waals surface area contributed by atoms with E-state index in [1.54, 1.807) is 6.07 Å². The van der Waals surface area contributed by atoms with Gasteiger partial charge < -0.3 is 14.1 Å². The monoisotopic (exact) mass is 391 g/mol. The van der Waals surface area contributed by atoms with Crippen LogP contribution in [0.5, 0.6) is 5.75 Å². The van der Waals surface area contributed by atoms with Gasteiger partial charge in [0.25, 0.3) is 5.91 Å². The number of carbonyl (C=O) groups excluding carboxylic acids is 1. The van der Waals surface area contributed by atoms with Crippen molar-refractivity contribution >= 4 is 16.9 Å². The third kappa shape index (κ3) is 4.67. The van der Waals surface area contributed by atoms with E-state index in [0.717, 1.165) is 42.4 Å². The largest absolute Gasteiger partial charge is 0.484 e. The van der Waals surface area contributed by atoms with Gasteiger partial charge in [0.2, 0.25) is 0 Å². The Morgan fingerprint density at radius 3 is 2.41 bits per heavy atom. The Labute approximate surface area is 169 Å². The summed E-state index contributed by atoms with van der Waals surface area (Å²) in [5.41, 5.74) is 1.81. The summed E-state index contributed by atoms with van der Waals surface area (Å²) in [6, 6.07) is 16.6. The Bertz CT molecular complexity index is 1030. The quantitative estimate of drug-likeness (QED) is 0.609. The number of likely N-dealkylation sites (tertiary alicyclic amines) is 1. The summed E-state index contributed by atoms with van der Waals surface area (Å²) < 4.78 is 11.1. The first-order chi connectivity index (χ1) is 14.2. The van der Waals surface area contributed by atoms with Gasteiger partial charge in [-0.25, -0.2) is 4.79 Å². The lowest BCUT2D eigenvalue weighted by molar-refractivity contribution is -0.133. The molecule has 5 heteroatoms. The van der Waals surface area contributed by atoms with E-state index in [1.807, 2.05) is 47.4 Å². The molecular formula is C24H25NO4. The zero-order valence-electron chi connectivity index (χ0n) is 16.4. The fourth-order valence-electron chi connectivity index (χ4n) is 3.82. The van der Waals surface area contributed by atoms with Gasteiger partial charge in [-0.05, 0) is 36.1 Å². The second kappa shape index (κ2) is 8.95. The fraction of sp³-hybridized carbons (Fsp3) is 0.333. The standard InChI is InChI=1S/C24H25NO4/c26-23(25-13-7-2-1-3-8-14-25)17-28-19-11-12-20-21(18-9-5-4-6-10-18)16-24(27)29-22(20)15-19/h4-6,9-12,15-16H,1-3,7-8,13-14,17H2. The van der Waals surface area contributed by atoms with Crippen LogP contribution in [0.15, 0.2) is 63.8 Å². The molecule has 1 saturated heterocycles. The van der Waals surface area contributed by atoms with Crippen LogP contribution in [0.1, 0.15) is 32.1 Å². The zero-order chi connectivity index (χ0) is 20.1. The molecule has 0 atom stereocenters. The molecule has 2 aromatic carbocycles. The lowest BCUT2D eigenvalue weighted by atomic mass is 10.0. The first-order valence-corrected chi connectivity index (χ1v) is 10.2. The minimum absolute atomic E-state index is 0.00584. The van der Waals surface area contributed by atoms with Crippen LogP contribution in [-0.4, -0.2) is 30.5 Å². The van der Waals surface area contributed by atoms with Gasteiger partial charge in [0.1, 0.15) is 11.3 Å². The van der Waals surface area contributed by atoms with Crippen LogP contribution in [0.4, 0.5) is 0 Å². The van der Waals surface area contributed by atoms with E-state index in [1.165, 1.54) is 25.3 Å². The highest BCUT2D eigenvalue weighted by Crippen LogP contribution is 2.29. The SMILES string of the molecule is O=C(COc1ccc2c(-c3ccccc3)cc(=O)oc2c1)N1CCCCCCC1. The van der Waals surface area contributed by atoms with Crippen LogP contribution in [0.3, 0.4) is 0 Å². The minimum Gasteiger partial charge on any atom is -0.484 e. The smallest absolute Gasteiger partial charge is 0.336 e. The Morgan fingerprint density at radius 2 is 1.66 bits per heavy atom. The summed E-state index contributed by atoms with van der Waals surface area (Å²) >= 11 is 0. The molecular weight excluding hydrogens is 366 g/mol. The lowest BCUT2D eigenvalue weighted by Gasteiger charge is -2.24. The Balaban J connectivity index is 1.52. The minimum atomic E-state index is -0.412. The number of hydrogen-bond donors (Lipinski definition) is 0. The average Bonchev–Trinajstić information content (AvgIpc) is 2.71. The van der Waals surface area contributed by atoms with E-state index in [9.17, 15) is 9.59 Å². The number of amides is 1. The van der Waals surface area contributed by atoms with Crippen molar-refractivity contribution in [3.63, 3.8) is 0 Å². The van der Waals surface area contributed by atoms with Crippen molar-refractivity contribution in [1.82, 2.24) is 4.90 Å². The summed E-state index contributed by atoms with van der Waals surface area (Å²) in [6.45, 7) is 1.60. The van der Waals surface area contributed by atoms with Crippen LogP contribution >= 0.6 is 0 Å². The van der Waals surface area contributed by atoms with Crippen molar-refractivity contribution in [3.8, 4) is 16.9 Å². The van der Waals surface area contributed by atoms with Crippen molar-refractivity contribution in [3.05, 3.63) is 65.0 Å². The number of carbonyl (C=O) groups is 1. The predicted molar refractivity (Wildman–Crippen MR) is 113 cm³/mol. The second-order valence-electron chi connectivity index (χ2n) is 7.44. The summed E-state index contributed by atoms with van der Waals surface area (Å²) in [6.07, 6.45) is 5.71. The van der Waals surface area contributed by atoms with Gasteiger partial charge in [0.05, 0.1) is 0 Å². The van der Waals surface area contributed by atoms with Gasteiger partial charge in [0.15, 0.2) is 6.61 Å². The lowest BCUT2D eigenvalue weighted by Crippen LogP contribution is -2.37. The van der Waals surface area contributed by atoms with Crippen LogP contribution in [0.25, 0.3) is 22.1 Å². The maximum atomic E-state index is 12.5. The van der Waals surface area contributed by atoms with Gasteiger partial charge >= 0.3 is 5.63 Å². The molecule has 0 unspecified atom stereocenters. The number of rotatable bonds is 4. The molecule has 2 heterocycles. The number of fused-ring (bicyclic) bond motifs is 1. The van der Waals surface area contributed by atoms with E-state index in [2.05, 4.69) is 0 Å². The molecule has 0 radical (unpaired) electrons. The molecule has 3 aromatic rings. The highest BCUT2D eigenvalue weighted by molar-refractivity contribution is 5.93. The molecule has 0 N–H and O–H groups in total. The van der Waals surface area contributed by atoms with E-state index in [0.29, 0.717) is 11.3 Å². The molecule has 1 aliphatic heterocycles. The zero-order valence-corrected chi connectivity index (χ0v) is 16.4. The van der Waals surface area contributed by atoms with Crippen molar-refractivity contribution in [1.29, 1.82) is 0 Å². The maximum Gasteiger partial charge on any atom is 0.336 e. The van der Waals surface area contributed by atoms with Crippen LogP contribution in [0, 0.1) is 0 Å². The van der Waals surface area contributed by atoms with Crippen LogP contribution in [-0.2, 0) is 4.79 Å². The van der Waals surface area contributed by atoms with Crippen molar-refractivity contribution < 1.29 is 13.9 Å². The topological polar surface area (TPSA) is 59.8 Å². The van der Waals surface area contributed by atoms with E-state index >= 15 is 0 Å². The molecule has 150 valence electrons. The molecule has 29 heavy (non-hydrogen) atoms. The molecule has 0 aliphatic carbocycles. The van der Waals surface area contributed by atoms with E-state index in [-0.39, 0.29) is 12.5 Å². The maximum absolute atomic E-state index is 12.5. The Kier molecular flexibility index (Phi) is 5.94. The molecule has 5 nitrogen and oxygen atoms in total. The highest BCUT2D eigenvalue weighted by Gasteiger charge is 2.16. The third-order valence-corrected chi connectivity index (χ3v) is 5.37. The molecule has 1 fully saturated rings. The van der Waals surface area contributed by atoms with Gasteiger partial charge in [-0.3, -0.25) is 4.79 Å². The average molecular weight is 391 g/mol. The van der Waals surface area contributed by atoms with Gasteiger partial charge in [-0.1, -0.05) is 49.6 Å². The summed E-state index contributed by atoms with van der Waals surface area (Å²) in [5.74, 6) is 0.526. The third-order valence-electron chi connectivity index (χ3n) is 5.37. The van der Waals surface area contributed by atoms with Crippen LogP contribution in [0.2, 0.25) is 0 Å². The van der Waals surface area contributed by atoms with Gasteiger partial charge in [-0.15, -0.1) is 0 Å². The van der Waals surface area contributed by atoms with Crippen molar-refractivity contribution in [2.45, 2.75) is 32.1 Å². The summed E-state index contributed by atoms with van der Waals surface area (Å²) in [7, 11) is 0. The van der Waals surface area contributed by atoms with Crippen molar-refractivity contribution in [2.75, 3.05) is 19.7 Å². The molecule has 0 saturated carbocycles. The fourth-order valence-corrected chi connectivity index (χ4v) is 3.82. The molecule has 4 rings (SSSR count). The second-order valence-corrected chi connectivity index (χ2v) is 7.44. The first kappa shape index (κ1) is 19.2. The molecule has 1 aromatic heterocycles. The summed E-state index contributed by atoms with van der Waals surface area (Å²) in [4.78, 5) is 26.5. The van der Waals surface area contributed by atoms with Crippen LogP contribution < -0.4 is 10.4 Å². The Morgan fingerprint density at radius 1 is 0.931 bits per heavy atom. The number of nitrogens with zero attached hydrogens (tertiary/aromatic N) is 1. The van der Waals surface area contributed by atoms with Crippen molar-refractivity contribution in [2.24, 2.45) is 0 Å². The number of ether oxygens (including phenoxy) is 1. The normalized spacial score (nSPS) is 15.0. The molecule has 1 aliphatic rings. The number of benzene rings is 2. The van der Waals surface area contributed by atoms with Gasteiger partial charge in [0, 0.05) is 30.6 Å².